The van der Waals surface area contributed by atoms with Crippen LogP contribution in [0.5, 0.6) is 0 Å². The molecular weight excluding hydrogens is 504 g/mol. The maximum absolute atomic E-state index is 10.4. The summed E-state index contributed by atoms with van der Waals surface area (Å²) in [5.41, 5.74) is 4.51. The largest absolute Gasteiger partial charge is 0.303 e. The van der Waals surface area contributed by atoms with Gasteiger partial charge >= 0.3 is 0 Å². The molecule has 0 fully saturated rings. The molecule has 0 aliphatic heterocycles. The Labute approximate surface area is 254 Å². The second kappa shape index (κ2) is 30.2. The van der Waals surface area contributed by atoms with Gasteiger partial charge in [0.25, 0.3) is 0 Å². The third-order valence-electron chi connectivity index (χ3n) is 6.76. The van der Waals surface area contributed by atoms with Crippen molar-refractivity contribution in [2.24, 2.45) is 23.7 Å². The average Bonchev–Trinajstić information content (AvgIpc) is 2.95. The summed E-state index contributed by atoms with van der Waals surface area (Å²) in [6.45, 7) is 29.5. The van der Waals surface area contributed by atoms with E-state index in [1.807, 2.05) is 32.1 Å². The highest BCUT2D eigenvalue weighted by Gasteiger charge is 2.01. The van der Waals surface area contributed by atoms with Crippen LogP contribution >= 0.6 is 0 Å². The molecule has 0 N–H and O–H groups in total. The fourth-order valence-electron chi connectivity index (χ4n) is 3.63. The van der Waals surface area contributed by atoms with Crippen molar-refractivity contribution in [2.45, 2.75) is 113 Å². The van der Waals surface area contributed by atoms with Crippen molar-refractivity contribution in [1.82, 2.24) is 0 Å². The molecule has 0 saturated carbocycles. The number of aldehydes is 3. The molecule has 0 aliphatic carbocycles. The van der Waals surface area contributed by atoms with E-state index in [9.17, 15) is 14.4 Å². The number of hydrogen-bond acceptors (Lipinski definition) is 3. The highest BCUT2D eigenvalue weighted by molar-refractivity contribution is 5.72. The van der Waals surface area contributed by atoms with E-state index in [1.54, 1.807) is 0 Å². The van der Waals surface area contributed by atoms with Crippen LogP contribution < -0.4 is 0 Å². The quantitative estimate of drug-likeness (QED) is 0.0788. The van der Waals surface area contributed by atoms with Gasteiger partial charge in [-0.2, -0.15) is 0 Å². The van der Waals surface area contributed by atoms with Gasteiger partial charge < -0.3 is 9.59 Å². The second-order valence-corrected chi connectivity index (χ2v) is 11.5. The Morgan fingerprint density at radius 2 is 1.02 bits per heavy atom. The van der Waals surface area contributed by atoms with Crippen LogP contribution in [-0.2, 0) is 14.4 Å². The first-order chi connectivity index (χ1) is 19.4. The summed E-state index contributed by atoms with van der Waals surface area (Å²) in [6.07, 6.45) is 25.2. The van der Waals surface area contributed by atoms with E-state index >= 15 is 0 Å². The number of carbonyl (C=O) groups is 3. The molecule has 0 heterocycles. The normalized spacial score (nSPS) is 14.5. The van der Waals surface area contributed by atoms with Crippen LogP contribution in [0.1, 0.15) is 113 Å². The van der Waals surface area contributed by atoms with E-state index in [0.717, 1.165) is 70.2 Å². The standard InChI is InChI=1S/C13H22O.C13H20O.C12H20O/c2*1-5-11(2)7-6-8-12(3)9-13(4)10-14;1-4-11(2)7-5-8-12(3)9-6-10-13/h5,8,10-11,13H,1,6-7,9H2,2-4H3;5,8,10-11H,1,4,6-7,9H2,2-3H3;4,8,10-11H,1,5-7,9H2,2-3H3/b3*12-8+. The van der Waals surface area contributed by atoms with Gasteiger partial charge in [0, 0.05) is 12.3 Å². The van der Waals surface area contributed by atoms with Crippen molar-refractivity contribution in [3.63, 3.8) is 0 Å². The molecule has 4 unspecified atom stereocenters. The van der Waals surface area contributed by atoms with E-state index in [2.05, 4.69) is 79.2 Å². The molecule has 0 bridgehead atoms. The Morgan fingerprint density at radius 3 is 1.39 bits per heavy atom. The van der Waals surface area contributed by atoms with Crippen LogP contribution in [0, 0.1) is 23.7 Å². The molecule has 0 spiro atoms. The molecule has 0 saturated heterocycles. The molecule has 0 amide bonds. The Balaban J connectivity index is -0.000000529. The molecule has 0 radical (unpaired) electrons. The molecule has 3 nitrogen and oxygen atoms in total. The highest BCUT2D eigenvalue weighted by atomic mass is 16.1. The van der Waals surface area contributed by atoms with E-state index in [1.165, 1.54) is 16.7 Å². The highest BCUT2D eigenvalue weighted by Crippen LogP contribution is 2.14. The van der Waals surface area contributed by atoms with Gasteiger partial charge in [-0.3, -0.25) is 4.79 Å². The Hall–Kier alpha value is -2.81. The van der Waals surface area contributed by atoms with Crippen LogP contribution in [0.2, 0.25) is 0 Å². The lowest BCUT2D eigenvalue weighted by molar-refractivity contribution is -0.110. The summed E-state index contributed by atoms with van der Waals surface area (Å²) in [7, 11) is 0. The molecular formula is C38H62O3. The fourth-order valence-corrected chi connectivity index (χ4v) is 3.63. The average molecular weight is 567 g/mol. The topological polar surface area (TPSA) is 51.2 Å². The van der Waals surface area contributed by atoms with Crippen molar-refractivity contribution in [1.29, 1.82) is 0 Å². The second-order valence-electron chi connectivity index (χ2n) is 11.5. The molecule has 0 aliphatic rings. The van der Waals surface area contributed by atoms with Gasteiger partial charge in [0.05, 0.1) is 0 Å². The van der Waals surface area contributed by atoms with Crippen molar-refractivity contribution in [3.05, 3.63) is 85.1 Å². The number of carbonyl (C=O) groups excluding carboxylic acids is 3. The molecule has 232 valence electrons. The van der Waals surface area contributed by atoms with Crippen LogP contribution in [0.4, 0.5) is 0 Å². The lowest BCUT2D eigenvalue weighted by Gasteiger charge is -2.05. The van der Waals surface area contributed by atoms with Gasteiger partial charge in [-0.15, -0.1) is 19.7 Å². The van der Waals surface area contributed by atoms with Gasteiger partial charge in [-0.25, -0.2) is 0 Å². The summed E-state index contributed by atoms with van der Waals surface area (Å²) < 4.78 is 0. The molecule has 41 heavy (non-hydrogen) atoms. The SMILES string of the molecule is C=CC(C)CC/C=C(\C)CC(=C)C=O.C=CC(C)CC/C=C(\C)CC(C)C=O.C=CC(C)CC/C=C(\C)CCC=O. The monoisotopic (exact) mass is 566 g/mol. The molecule has 0 rings (SSSR count). The maximum atomic E-state index is 10.4. The Bertz CT molecular complexity index is 840. The first-order valence-corrected chi connectivity index (χ1v) is 15.3. The minimum Gasteiger partial charge on any atom is -0.303 e. The number of rotatable bonds is 21. The van der Waals surface area contributed by atoms with Crippen LogP contribution in [0.15, 0.2) is 85.1 Å². The summed E-state index contributed by atoms with van der Waals surface area (Å²) in [6, 6.07) is 0. The molecule has 0 aromatic carbocycles. The zero-order valence-electron chi connectivity index (χ0n) is 27.6. The van der Waals surface area contributed by atoms with Gasteiger partial charge in [0.2, 0.25) is 0 Å². The van der Waals surface area contributed by atoms with Gasteiger partial charge in [0.15, 0.2) is 0 Å². The molecule has 3 heteroatoms. The third-order valence-corrected chi connectivity index (χ3v) is 6.76. The van der Waals surface area contributed by atoms with E-state index in [4.69, 9.17) is 0 Å². The number of allylic oxidation sites excluding steroid dienone is 10. The molecule has 0 aromatic rings. The summed E-state index contributed by atoms with van der Waals surface area (Å²) in [5, 5.41) is 0. The van der Waals surface area contributed by atoms with Crippen LogP contribution in [0.25, 0.3) is 0 Å². The minimum absolute atomic E-state index is 0.156. The van der Waals surface area contributed by atoms with Gasteiger partial charge in [-0.1, -0.05) is 87.4 Å². The summed E-state index contributed by atoms with van der Waals surface area (Å²) in [4.78, 5) is 30.9. The molecule has 0 aromatic heterocycles. The lowest BCUT2D eigenvalue weighted by atomic mass is 10.0. The third kappa shape index (κ3) is 33.3. The van der Waals surface area contributed by atoms with E-state index in [-0.39, 0.29) is 5.92 Å². The van der Waals surface area contributed by atoms with Crippen LogP contribution in [-0.4, -0.2) is 18.9 Å². The smallest absolute Gasteiger partial charge is 0.145 e. The predicted molar refractivity (Wildman–Crippen MR) is 182 cm³/mol. The summed E-state index contributed by atoms with van der Waals surface area (Å²) >= 11 is 0. The summed E-state index contributed by atoms with van der Waals surface area (Å²) in [5.74, 6) is 1.90. The lowest BCUT2D eigenvalue weighted by Crippen LogP contribution is -1.96. The first-order valence-electron chi connectivity index (χ1n) is 15.3. The predicted octanol–water partition coefficient (Wildman–Crippen LogP) is 11.0. The maximum Gasteiger partial charge on any atom is 0.145 e. The van der Waals surface area contributed by atoms with Gasteiger partial charge in [0.1, 0.15) is 18.9 Å². The van der Waals surface area contributed by atoms with E-state index < -0.39 is 0 Å². The minimum atomic E-state index is 0.156. The zero-order valence-corrected chi connectivity index (χ0v) is 27.6. The number of hydrogen-bond donors (Lipinski definition) is 0. The van der Waals surface area contributed by atoms with Gasteiger partial charge in [-0.05, 0) is 102 Å². The van der Waals surface area contributed by atoms with Crippen molar-refractivity contribution < 1.29 is 14.4 Å². The van der Waals surface area contributed by atoms with E-state index in [0.29, 0.717) is 36.2 Å². The fraction of sp³-hybridized carbons (Fsp3) is 0.553. The Morgan fingerprint density at radius 1 is 0.610 bits per heavy atom. The van der Waals surface area contributed by atoms with Crippen molar-refractivity contribution in [2.75, 3.05) is 0 Å². The van der Waals surface area contributed by atoms with Crippen molar-refractivity contribution in [3.8, 4) is 0 Å². The first kappa shape index (κ1) is 42.7. The molecule has 4 atom stereocenters. The zero-order chi connectivity index (χ0) is 32.1. The van der Waals surface area contributed by atoms with Crippen LogP contribution in [0.3, 0.4) is 0 Å². The van der Waals surface area contributed by atoms with Crippen molar-refractivity contribution >= 4 is 18.9 Å². The Kier molecular flexibility index (Phi) is 31.4.